The van der Waals surface area contributed by atoms with E-state index < -0.39 is 0 Å². The summed E-state index contributed by atoms with van der Waals surface area (Å²) in [5, 5.41) is 2.89. The number of amides is 1. The topological polar surface area (TPSA) is 67.0 Å². The number of carbonyl (C=O) groups excluding carboxylic acids is 1. The molecule has 0 atom stereocenters. The number of imidazole rings is 1. The number of ether oxygens (including phenoxy) is 1. The molecule has 0 fully saturated rings. The molecule has 1 heterocycles. The van der Waals surface area contributed by atoms with Crippen LogP contribution in [0.2, 0.25) is 0 Å². The molecule has 25 heavy (non-hydrogen) atoms. The van der Waals surface area contributed by atoms with Gasteiger partial charge in [0.1, 0.15) is 5.82 Å². The van der Waals surface area contributed by atoms with E-state index in [2.05, 4.69) is 27.4 Å². The summed E-state index contributed by atoms with van der Waals surface area (Å²) < 4.78 is 5.59. The summed E-state index contributed by atoms with van der Waals surface area (Å²) in [6.07, 6.45) is 2.09. The maximum absolute atomic E-state index is 11.9. The first-order valence-corrected chi connectivity index (χ1v) is 8.63. The first-order chi connectivity index (χ1) is 12.3. The third kappa shape index (κ3) is 5.43. The molecule has 0 radical (unpaired) electrons. The number of aromatic amines is 1. The lowest BCUT2D eigenvalue weighted by Gasteiger charge is -2.05. The van der Waals surface area contributed by atoms with Gasteiger partial charge in [0.25, 0.3) is 0 Å². The first kappa shape index (κ1) is 17.2. The van der Waals surface area contributed by atoms with Crippen LogP contribution < -0.4 is 5.32 Å². The number of para-hydroxylation sites is 2. The normalized spacial score (nSPS) is 10.9. The molecule has 3 rings (SSSR count). The van der Waals surface area contributed by atoms with Gasteiger partial charge in [-0.05, 0) is 30.5 Å². The highest BCUT2D eigenvalue weighted by atomic mass is 16.5. The van der Waals surface area contributed by atoms with E-state index in [1.54, 1.807) is 0 Å². The van der Waals surface area contributed by atoms with Crippen molar-refractivity contribution in [1.82, 2.24) is 15.3 Å². The molecule has 0 aliphatic carbocycles. The quantitative estimate of drug-likeness (QED) is 0.589. The second kappa shape index (κ2) is 8.99. The van der Waals surface area contributed by atoms with Crippen molar-refractivity contribution in [2.24, 2.45) is 0 Å². The molecular weight excluding hydrogens is 314 g/mol. The molecule has 5 nitrogen and oxygen atoms in total. The zero-order valence-electron chi connectivity index (χ0n) is 14.2. The summed E-state index contributed by atoms with van der Waals surface area (Å²) in [5.41, 5.74) is 3.17. The zero-order valence-corrected chi connectivity index (χ0v) is 14.2. The molecule has 3 aromatic rings. The highest BCUT2D eigenvalue weighted by Gasteiger charge is 2.05. The summed E-state index contributed by atoms with van der Waals surface area (Å²) in [6.45, 7) is 1.71. The predicted octanol–water partition coefficient (Wildman–Crippen LogP) is 3.22. The van der Waals surface area contributed by atoms with Crippen molar-refractivity contribution in [3.05, 3.63) is 66.0 Å². The number of hydrogen-bond donors (Lipinski definition) is 2. The van der Waals surface area contributed by atoms with Crippen molar-refractivity contribution in [2.45, 2.75) is 25.8 Å². The van der Waals surface area contributed by atoms with E-state index in [1.165, 1.54) is 5.56 Å². The minimum atomic E-state index is 0.0205. The molecule has 0 bridgehead atoms. The second-order valence-corrected chi connectivity index (χ2v) is 5.93. The van der Waals surface area contributed by atoms with Gasteiger partial charge < -0.3 is 15.0 Å². The molecule has 1 aromatic heterocycles. The summed E-state index contributed by atoms with van der Waals surface area (Å²) in [7, 11) is 0. The molecular formula is C20H23N3O2. The molecule has 0 saturated heterocycles. The Balaban J connectivity index is 1.28. The molecule has 5 heteroatoms. The lowest BCUT2D eigenvalue weighted by atomic mass is 10.2. The first-order valence-electron chi connectivity index (χ1n) is 8.63. The summed E-state index contributed by atoms with van der Waals surface area (Å²) in [5.74, 6) is 0.792. The fourth-order valence-electron chi connectivity index (χ4n) is 2.63. The minimum absolute atomic E-state index is 0.0205. The minimum Gasteiger partial charge on any atom is -0.381 e. The average molecular weight is 337 g/mol. The molecule has 0 spiro atoms. The lowest BCUT2D eigenvalue weighted by molar-refractivity contribution is -0.121. The Bertz CT molecular complexity index is 766. The third-order valence-corrected chi connectivity index (χ3v) is 3.96. The summed E-state index contributed by atoms with van der Waals surface area (Å²) in [4.78, 5) is 19.5. The Labute approximate surface area is 147 Å². The molecule has 0 saturated carbocycles. The predicted molar refractivity (Wildman–Crippen MR) is 98.1 cm³/mol. The van der Waals surface area contributed by atoms with Gasteiger partial charge in [0.2, 0.25) is 5.91 Å². The largest absolute Gasteiger partial charge is 0.381 e. The van der Waals surface area contributed by atoms with Gasteiger partial charge in [0.15, 0.2) is 0 Å². The molecule has 2 aromatic carbocycles. The highest BCUT2D eigenvalue weighted by Crippen LogP contribution is 2.10. The van der Waals surface area contributed by atoms with Gasteiger partial charge in [-0.15, -0.1) is 0 Å². The summed E-state index contributed by atoms with van der Waals surface area (Å²) in [6, 6.07) is 18.1. The van der Waals surface area contributed by atoms with Crippen molar-refractivity contribution in [1.29, 1.82) is 0 Å². The molecule has 130 valence electrons. The maximum Gasteiger partial charge on any atom is 0.220 e. The van der Waals surface area contributed by atoms with Gasteiger partial charge in [0, 0.05) is 13.0 Å². The molecule has 1 amide bonds. The van der Waals surface area contributed by atoms with Crippen LogP contribution in [-0.4, -0.2) is 29.1 Å². The fraction of sp³-hybridized carbons (Fsp3) is 0.300. The fourth-order valence-corrected chi connectivity index (χ4v) is 2.63. The average Bonchev–Trinajstić information content (AvgIpc) is 3.07. The Hall–Kier alpha value is -2.66. The van der Waals surface area contributed by atoms with Crippen LogP contribution >= 0.6 is 0 Å². The van der Waals surface area contributed by atoms with Crippen molar-refractivity contribution in [3.8, 4) is 0 Å². The smallest absolute Gasteiger partial charge is 0.220 e. The van der Waals surface area contributed by atoms with Gasteiger partial charge >= 0.3 is 0 Å². The van der Waals surface area contributed by atoms with E-state index in [1.807, 2.05) is 42.5 Å². The third-order valence-electron chi connectivity index (χ3n) is 3.96. The monoisotopic (exact) mass is 337 g/mol. The molecule has 0 aliphatic rings. The SMILES string of the molecule is O=C(CCCOCCc1ccccc1)NCc1nc2ccccc2[nH]1. The second-order valence-electron chi connectivity index (χ2n) is 5.93. The Morgan fingerprint density at radius 2 is 1.84 bits per heavy atom. The van der Waals surface area contributed by atoms with E-state index in [9.17, 15) is 4.79 Å². The van der Waals surface area contributed by atoms with E-state index in [0.717, 1.165) is 29.7 Å². The van der Waals surface area contributed by atoms with Crippen molar-refractivity contribution >= 4 is 16.9 Å². The highest BCUT2D eigenvalue weighted by molar-refractivity contribution is 5.76. The van der Waals surface area contributed by atoms with Crippen LogP contribution in [0.4, 0.5) is 0 Å². The van der Waals surface area contributed by atoms with Crippen LogP contribution in [0.5, 0.6) is 0 Å². The Kier molecular flexibility index (Phi) is 6.17. The van der Waals surface area contributed by atoms with E-state index in [-0.39, 0.29) is 5.91 Å². The number of benzene rings is 2. The number of fused-ring (bicyclic) bond motifs is 1. The Morgan fingerprint density at radius 3 is 2.68 bits per heavy atom. The summed E-state index contributed by atoms with van der Waals surface area (Å²) >= 11 is 0. The number of hydrogen-bond acceptors (Lipinski definition) is 3. The lowest BCUT2D eigenvalue weighted by Crippen LogP contribution is -2.23. The number of carbonyl (C=O) groups is 1. The van der Waals surface area contributed by atoms with Crippen LogP contribution in [0.1, 0.15) is 24.2 Å². The van der Waals surface area contributed by atoms with E-state index in [4.69, 9.17) is 4.74 Å². The van der Waals surface area contributed by atoms with Gasteiger partial charge in [-0.3, -0.25) is 4.79 Å². The number of H-pyrrole nitrogens is 1. The number of aromatic nitrogens is 2. The number of nitrogens with zero attached hydrogens (tertiary/aromatic N) is 1. The Morgan fingerprint density at radius 1 is 1.04 bits per heavy atom. The van der Waals surface area contributed by atoms with Crippen molar-refractivity contribution in [3.63, 3.8) is 0 Å². The molecule has 0 aliphatic heterocycles. The maximum atomic E-state index is 11.9. The van der Waals surface area contributed by atoms with Crippen LogP contribution in [0.3, 0.4) is 0 Å². The van der Waals surface area contributed by atoms with Crippen LogP contribution in [0, 0.1) is 0 Å². The van der Waals surface area contributed by atoms with E-state index in [0.29, 0.717) is 26.2 Å². The van der Waals surface area contributed by atoms with Gasteiger partial charge in [-0.2, -0.15) is 0 Å². The van der Waals surface area contributed by atoms with Crippen molar-refractivity contribution in [2.75, 3.05) is 13.2 Å². The van der Waals surface area contributed by atoms with Gasteiger partial charge in [0.05, 0.1) is 24.2 Å². The van der Waals surface area contributed by atoms with Gasteiger partial charge in [-0.25, -0.2) is 4.98 Å². The van der Waals surface area contributed by atoms with Crippen LogP contribution in [0.15, 0.2) is 54.6 Å². The number of nitrogens with one attached hydrogen (secondary N) is 2. The molecule has 2 N–H and O–H groups in total. The van der Waals surface area contributed by atoms with Crippen molar-refractivity contribution < 1.29 is 9.53 Å². The number of rotatable bonds is 9. The van der Waals surface area contributed by atoms with E-state index >= 15 is 0 Å². The standard InChI is InChI=1S/C20H23N3O2/c24-20(11-6-13-25-14-12-16-7-2-1-3-8-16)21-15-19-22-17-9-4-5-10-18(17)23-19/h1-5,7-10H,6,11-15H2,(H,21,24)(H,22,23). The molecule has 0 unspecified atom stereocenters. The van der Waals surface area contributed by atoms with Gasteiger partial charge in [-0.1, -0.05) is 42.5 Å². The van der Waals surface area contributed by atoms with Crippen LogP contribution in [0.25, 0.3) is 11.0 Å². The van der Waals surface area contributed by atoms with Crippen LogP contribution in [-0.2, 0) is 22.5 Å². The zero-order chi connectivity index (χ0) is 17.3.